The Labute approximate surface area is 92.3 Å². The van der Waals surface area contributed by atoms with E-state index in [0.717, 1.165) is 5.56 Å². The summed E-state index contributed by atoms with van der Waals surface area (Å²) in [4.78, 5) is 1.30. The molecule has 0 saturated heterocycles. The van der Waals surface area contributed by atoms with Crippen molar-refractivity contribution in [3.63, 3.8) is 0 Å². The normalized spacial score (nSPS) is 12.1. The monoisotopic (exact) mass is 233 g/mol. The van der Waals surface area contributed by atoms with Crippen molar-refractivity contribution >= 4 is 0 Å². The molecule has 16 heavy (non-hydrogen) atoms. The van der Waals surface area contributed by atoms with Gasteiger partial charge >= 0.3 is 6.18 Å². The molecule has 90 valence electrons. The zero-order valence-electron chi connectivity index (χ0n) is 8.96. The number of nitrogens with zero attached hydrogens (tertiary/aromatic N) is 1. The number of phenols is 1. The smallest absolute Gasteiger partial charge is 0.401 e. The van der Waals surface area contributed by atoms with Gasteiger partial charge in [0.25, 0.3) is 0 Å². The van der Waals surface area contributed by atoms with Gasteiger partial charge in [-0.3, -0.25) is 4.90 Å². The van der Waals surface area contributed by atoms with Gasteiger partial charge in [-0.25, -0.2) is 0 Å². The van der Waals surface area contributed by atoms with Crippen molar-refractivity contribution in [2.24, 2.45) is 0 Å². The molecule has 5 heteroatoms. The van der Waals surface area contributed by atoms with Crippen LogP contribution in [0.2, 0.25) is 0 Å². The maximum atomic E-state index is 12.2. The molecule has 0 aliphatic carbocycles. The lowest BCUT2D eigenvalue weighted by molar-refractivity contribution is -0.146. The van der Waals surface area contributed by atoms with Gasteiger partial charge in [0.05, 0.1) is 6.54 Å². The zero-order valence-corrected chi connectivity index (χ0v) is 8.96. The van der Waals surface area contributed by atoms with Gasteiger partial charge in [-0.1, -0.05) is 19.1 Å². The van der Waals surface area contributed by atoms with Gasteiger partial charge in [0.1, 0.15) is 5.75 Å². The quantitative estimate of drug-likeness (QED) is 0.864. The lowest BCUT2D eigenvalue weighted by Crippen LogP contribution is -2.33. The first-order valence-corrected chi connectivity index (χ1v) is 4.97. The van der Waals surface area contributed by atoms with E-state index in [-0.39, 0.29) is 12.3 Å². The molecule has 1 rings (SSSR count). The van der Waals surface area contributed by atoms with Crippen molar-refractivity contribution < 1.29 is 18.3 Å². The zero-order chi connectivity index (χ0) is 12.2. The molecule has 0 aromatic heterocycles. The molecule has 0 fully saturated rings. The molecular weight excluding hydrogens is 219 g/mol. The van der Waals surface area contributed by atoms with Gasteiger partial charge in [-0.2, -0.15) is 13.2 Å². The van der Waals surface area contributed by atoms with Crippen LogP contribution in [0, 0.1) is 0 Å². The van der Waals surface area contributed by atoms with E-state index >= 15 is 0 Å². The summed E-state index contributed by atoms with van der Waals surface area (Å²) >= 11 is 0. The standard InChI is InChI=1S/C11H14F3NO/c1-2-15(8-11(12,13)14)7-9-3-5-10(16)6-4-9/h3-6,16H,2,7-8H2,1H3. The van der Waals surface area contributed by atoms with Crippen molar-refractivity contribution in [1.82, 2.24) is 4.90 Å². The Morgan fingerprint density at radius 2 is 1.75 bits per heavy atom. The summed E-state index contributed by atoms with van der Waals surface area (Å²) in [5, 5.41) is 9.04. The molecule has 1 aromatic rings. The summed E-state index contributed by atoms with van der Waals surface area (Å²) in [6.07, 6.45) is -4.17. The average Bonchev–Trinajstić information content (AvgIpc) is 2.18. The van der Waals surface area contributed by atoms with Crippen molar-refractivity contribution in [3.8, 4) is 5.75 Å². The van der Waals surface area contributed by atoms with Crippen molar-refractivity contribution in [3.05, 3.63) is 29.8 Å². The number of aromatic hydroxyl groups is 1. The Hall–Kier alpha value is -1.23. The van der Waals surface area contributed by atoms with Crippen LogP contribution in [0.4, 0.5) is 13.2 Å². The SMILES string of the molecule is CCN(Cc1ccc(O)cc1)CC(F)(F)F. The summed E-state index contributed by atoms with van der Waals surface area (Å²) in [7, 11) is 0. The van der Waals surface area contributed by atoms with Crippen LogP contribution in [0.3, 0.4) is 0 Å². The third kappa shape index (κ3) is 4.53. The molecule has 2 nitrogen and oxygen atoms in total. The maximum Gasteiger partial charge on any atom is 0.401 e. The maximum absolute atomic E-state index is 12.2. The van der Waals surface area contributed by atoms with Crippen LogP contribution >= 0.6 is 0 Å². The molecule has 0 heterocycles. The van der Waals surface area contributed by atoms with E-state index in [4.69, 9.17) is 5.11 Å². The van der Waals surface area contributed by atoms with Crippen LogP contribution < -0.4 is 0 Å². The first kappa shape index (κ1) is 12.8. The molecule has 0 radical (unpaired) electrons. The van der Waals surface area contributed by atoms with Crippen LogP contribution in [-0.2, 0) is 6.54 Å². The van der Waals surface area contributed by atoms with E-state index in [2.05, 4.69) is 0 Å². The van der Waals surface area contributed by atoms with E-state index in [1.54, 1.807) is 19.1 Å². The van der Waals surface area contributed by atoms with Gasteiger partial charge in [0.2, 0.25) is 0 Å². The highest BCUT2D eigenvalue weighted by Crippen LogP contribution is 2.18. The first-order chi connectivity index (χ1) is 7.40. The summed E-state index contributed by atoms with van der Waals surface area (Å²) in [5.41, 5.74) is 0.754. The van der Waals surface area contributed by atoms with E-state index in [1.165, 1.54) is 17.0 Å². The van der Waals surface area contributed by atoms with Gasteiger partial charge in [-0.05, 0) is 24.2 Å². The lowest BCUT2D eigenvalue weighted by Gasteiger charge is -2.21. The average molecular weight is 233 g/mol. The fourth-order valence-corrected chi connectivity index (χ4v) is 1.39. The lowest BCUT2D eigenvalue weighted by atomic mass is 10.2. The fraction of sp³-hybridized carbons (Fsp3) is 0.455. The molecule has 0 aliphatic heterocycles. The highest BCUT2D eigenvalue weighted by molar-refractivity contribution is 5.25. The third-order valence-corrected chi connectivity index (χ3v) is 2.19. The minimum atomic E-state index is -4.17. The number of benzene rings is 1. The largest absolute Gasteiger partial charge is 0.508 e. The van der Waals surface area contributed by atoms with Crippen LogP contribution in [0.1, 0.15) is 12.5 Å². The second-order valence-electron chi connectivity index (χ2n) is 3.58. The summed E-state index contributed by atoms with van der Waals surface area (Å²) in [6.45, 7) is 1.34. The second-order valence-corrected chi connectivity index (χ2v) is 3.58. The second kappa shape index (κ2) is 5.21. The molecule has 0 amide bonds. The third-order valence-electron chi connectivity index (χ3n) is 2.19. The number of phenolic OH excluding ortho intramolecular Hbond substituents is 1. The Bertz CT molecular complexity index is 321. The molecule has 0 saturated carbocycles. The molecular formula is C11H14F3NO. The van der Waals surface area contributed by atoms with E-state index in [0.29, 0.717) is 6.54 Å². The molecule has 0 bridgehead atoms. The minimum absolute atomic E-state index is 0.114. The van der Waals surface area contributed by atoms with Gasteiger partial charge in [0.15, 0.2) is 0 Å². The highest BCUT2D eigenvalue weighted by atomic mass is 19.4. The topological polar surface area (TPSA) is 23.5 Å². The van der Waals surface area contributed by atoms with Crippen molar-refractivity contribution in [2.75, 3.05) is 13.1 Å². The van der Waals surface area contributed by atoms with Gasteiger partial charge < -0.3 is 5.11 Å². The Balaban J connectivity index is 2.60. The van der Waals surface area contributed by atoms with Crippen LogP contribution in [0.5, 0.6) is 5.75 Å². The molecule has 0 spiro atoms. The van der Waals surface area contributed by atoms with Crippen LogP contribution in [-0.4, -0.2) is 29.3 Å². The highest BCUT2D eigenvalue weighted by Gasteiger charge is 2.29. The van der Waals surface area contributed by atoms with E-state index in [9.17, 15) is 13.2 Å². The number of hydrogen-bond acceptors (Lipinski definition) is 2. The molecule has 0 unspecified atom stereocenters. The fourth-order valence-electron chi connectivity index (χ4n) is 1.39. The Morgan fingerprint density at radius 3 is 2.19 bits per heavy atom. The number of alkyl halides is 3. The van der Waals surface area contributed by atoms with Gasteiger partial charge in [-0.15, -0.1) is 0 Å². The van der Waals surface area contributed by atoms with Crippen molar-refractivity contribution in [1.29, 1.82) is 0 Å². The van der Waals surface area contributed by atoms with Gasteiger partial charge in [0, 0.05) is 6.54 Å². The van der Waals surface area contributed by atoms with Crippen molar-refractivity contribution in [2.45, 2.75) is 19.6 Å². The first-order valence-electron chi connectivity index (χ1n) is 4.97. The number of hydrogen-bond donors (Lipinski definition) is 1. The summed E-state index contributed by atoms with van der Waals surface area (Å²) in [6, 6.07) is 6.18. The van der Waals surface area contributed by atoms with E-state index < -0.39 is 12.7 Å². The number of halogens is 3. The number of rotatable bonds is 4. The molecule has 1 N–H and O–H groups in total. The minimum Gasteiger partial charge on any atom is -0.508 e. The Morgan fingerprint density at radius 1 is 1.19 bits per heavy atom. The predicted octanol–water partition coefficient (Wildman–Crippen LogP) is 2.78. The molecule has 0 aliphatic rings. The molecule has 1 aromatic carbocycles. The summed E-state index contributed by atoms with van der Waals surface area (Å²) in [5.74, 6) is 0.114. The van der Waals surface area contributed by atoms with Crippen LogP contribution in [0.15, 0.2) is 24.3 Å². The Kier molecular flexibility index (Phi) is 4.18. The molecule has 0 atom stereocenters. The summed E-state index contributed by atoms with van der Waals surface area (Å²) < 4.78 is 36.5. The predicted molar refractivity (Wildman–Crippen MR) is 55.1 cm³/mol. The van der Waals surface area contributed by atoms with E-state index in [1.807, 2.05) is 0 Å². The van der Waals surface area contributed by atoms with Crippen LogP contribution in [0.25, 0.3) is 0 Å².